The number of aryl methyl sites for hydroxylation is 2. The van der Waals surface area contributed by atoms with Gasteiger partial charge in [-0.25, -0.2) is 4.98 Å². The number of para-hydroxylation sites is 1. The predicted molar refractivity (Wildman–Crippen MR) is 92.6 cm³/mol. The summed E-state index contributed by atoms with van der Waals surface area (Å²) in [5.74, 6) is -0.328. The Balaban J connectivity index is 2.04. The molecule has 23 heavy (non-hydrogen) atoms. The van der Waals surface area contributed by atoms with Gasteiger partial charge in [-0.1, -0.05) is 12.1 Å². The molecule has 1 amide bonds. The molecule has 3 rings (SSSR count). The standard InChI is InChI=1S/C17H14N4OS/c1-9-7-10(2)20-17-13(9)14(19)15(23-17)16(22)21-12-6-4-3-5-11(12)8-18/h3-7H,19H2,1-2H3,(H,21,22). The van der Waals surface area contributed by atoms with Crippen molar-refractivity contribution in [2.45, 2.75) is 13.8 Å². The zero-order valence-electron chi connectivity index (χ0n) is 12.7. The lowest BCUT2D eigenvalue weighted by Crippen LogP contribution is -2.12. The van der Waals surface area contributed by atoms with Crippen LogP contribution < -0.4 is 11.1 Å². The van der Waals surface area contributed by atoms with Crippen molar-refractivity contribution in [1.29, 1.82) is 5.26 Å². The summed E-state index contributed by atoms with van der Waals surface area (Å²) in [6, 6.07) is 10.8. The van der Waals surface area contributed by atoms with Crippen LogP contribution in [0.2, 0.25) is 0 Å². The summed E-state index contributed by atoms with van der Waals surface area (Å²) in [6.45, 7) is 3.86. The topological polar surface area (TPSA) is 91.8 Å². The van der Waals surface area contributed by atoms with Gasteiger partial charge in [-0.2, -0.15) is 5.26 Å². The monoisotopic (exact) mass is 322 g/mol. The fourth-order valence-corrected chi connectivity index (χ4v) is 3.62. The summed E-state index contributed by atoms with van der Waals surface area (Å²) in [4.78, 5) is 18.2. The number of nitrogens with one attached hydrogen (secondary N) is 1. The summed E-state index contributed by atoms with van der Waals surface area (Å²) < 4.78 is 0. The average molecular weight is 322 g/mol. The lowest BCUT2D eigenvalue weighted by molar-refractivity contribution is 0.103. The van der Waals surface area contributed by atoms with E-state index in [9.17, 15) is 4.79 Å². The number of hydrogen-bond donors (Lipinski definition) is 2. The van der Waals surface area contributed by atoms with Gasteiger partial charge in [0.1, 0.15) is 15.8 Å². The van der Waals surface area contributed by atoms with Crippen LogP contribution in [0.15, 0.2) is 30.3 Å². The zero-order chi connectivity index (χ0) is 16.6. The highest BCUT2D eigenvalue weighted by atomic mass is 32.1. The number of nitrogens with two attached hydrogens (primary N) is 1. The minimum Gasteiger partial charge on any atom is -0.397 e. The number of anilines is 2. The number of aromatic nitrogens is 1. The van der Waals surface area contributed by atoms with Gasteiger partial charge in [-0.15, -0.1) is 11.3 Å². The van der Waals surface area contributed by atoms with Crippen LogP contribution in [-0.2, 0) is 0 Å². The molecule has 2 aromatic heterocycles. The lowest BCUT2D eigenvalue weighted by atomic mass is 10.1. The van der Waals surface area contributed by atoms with Gasteiger partial charge < -0.3 is 11.1 Å². The Morgan fingerprint density at radius 3 is 2.83 bits per heavy atom. The Morgan fingerprint density at radius 2 is 2.09 bits per heavy atom. The maximum absolute atomic E-state index is 12.6. The second-order valence-corrected chi connectivity index (χ2v) is 6.22. The van der Waals surface area contributed by atoms with Crippen LogP contribution in [-0.4, -0.2) is 10.9 Å². The summed E-state index contributed by atoms with van der Waals surface area (Å²) in [5, 5.41) is 12.7. The SMILES string of the molecule is Cc1cc(C)c2c(N)c(C(=O)Nc3ccccc3C#N)sc2n1. The quantitative estimate of drug-likeness (QED) is 0.753. The van der Waals surface area contributed by atoms with Crippen LogP contribution >= 0.6 is 11.3 Å². The minimum absolute atomic E-state index is 0.328. The van der Waals surface area contributed by atoms with Crippen LogP contribution in [0.25, 0.3) is 10.2 Å². The minimum atomic E-state index is -0.328. The van der Waals surface area contributed by atoms with Gasteiger partial charge in [0.05, 0.1) is 16.9 Å². The normalized spacial score (nSPS) is 10.5. The van der Waals surface area contributed by atoms with Crippen molar-refractivity contribution in [3.05, 3.63) is 52.0 Å². The number of hydrogen-bond acceptors (Lipinski definition) is 5. The van der Waals surface area contributed by atoms with E-state index in [2.05, 4.69) is 16.4 Å². The molecular formula is C17H14N4OS. The molecule has 0 unspecified atom stereocenters. The first kappa shape index (κ1) is 15.0. The second-order valence-electron chi connectivity index (χ2n) is 5.22. The number of benzene rings is 1. The number of carbonyl (C=O) groups is 1. The van der Waals surface area contributed by atoms with Gasteiger partial charge in [0.2, 0.25) is 0 Å². The van der Waals surface area contributed by atoms with Gasteiger partial charge in [0, 0.05) is 11.1 Å². The molecule has 0 aliphatic heterocycles. The van der Waals surface area contributed by atoms with Crippen LogP contribution in [0.5, 0.6) is 0 Å². The number of pyridine rings is 1. The number of carbonyl (C=O) groups excluding carboxylic acids is 1. The molecule has 0 aliphatic carbocycles. The Hall–Kier alpha value is -2.91. The van der Waals surface area contributed by atoms with Crippen LogP contribution in [0.3, 0.4) is 0 Å². The van der Waals surface area contributed by atoms with E-state index in [0.717, 1.165) is 21.5 Å². The summed E-state index contributed by atoms with van der Waals surface area (Å²) >= 11 is 1.26. The van der Waals surface area contributed by atoms with Crippen molar-refractivity contribution in [3.63, 3.8) is 0 Å². The predicted octanol–water partition coefficient (Wildman–Crippen LogP) is 3.62. The van der Waals surface area contributed by atoms with Crippen LogP contribution in [0.4, 0.5) is 11.4 Å². The largest absolute Gasteiger partial charge is 0.397 e. The number of nitrogen functional groups attached to an aromatic ring is 1. The zero-order valence-corrected chi connectivity index (χ0v) is 13.5. The molecule has 0 bridgehead atoms. The van der Waals surface area contributed by atoms with Crippen LogP contribution in [0.1, 0.15) is 26.5 Å². The van der Waals surface area contributed by atoms with E-state index in [-0.39, 0.29) is 5.91 Å². The average Bonchev–Trinajstić information content (AvgIpc) is 2.84. The molecule has 1 aromatic carbocycles. The Bertz CT molecular complexity index is 969. The molecule has 0 saturated heterocycles. The Kier molecular flexibility index (Phi) is 3.72. The van der Waals surface area contributed by atoms with Crippen molar-refractivity contribution < 1.29 is 4.79 Å². The molecule has 0 aliphatic rings. The maximum atomic E-state index is 12.6. The van der Waals surface area contributed by atoms with Crippen molar-refractivity contribution in [3.8, 4) is 6.07 Å². The summed E-state index contributed by atoms with van der Waals surface area (Å²) in [6.07, 6.45) is 0. The molecule has 0 spiro atoms. The first-order valence-corrected chi connectivity index (χ1v) is 7.79. The third-order valence-corrected chi connectivity index (χ3v) is 4.62. The van der Waals surface area contributed by atoms with Crippen molar-refractivity contribution in [1.82, 2.24) is 4.98 Å². The van der Waals surface area contributed by atoms with Crippen molar-refractivity contribution in [2.75, 3.05) is 11.1 Å². The van der Waals surface area contributed by atoms with Crippen LogP contribution in [0, 0.1) is 25.2 Å². The number of thiophene rings is 1. The van der Waals surface area contributed by atoms with Gasteiger partial charge in [0.25, 0.3) is 5.91 Å². The van der Waals surface area contributed by atoms with E-state index in [0.29, 0.717) is 21.8 Å². The van der Waals surface area contributed by atoms with E-state index in [1.807, 2.05) is 19.9 Å². The molecule has 0 saturated carbocycles. The fourth-order valence-electron chi connectivity index (χ4n) is 2.51. The highest BCUT2D eigenvalue weighted by Crippen LogP contribution is 2.35. The number of amides is 1. The van der Waals surface area contributed by atoms with E-state index in [1.54, 1.807) is 24.3 Å². The smallest absolute Gasteiger partial charge is 0.267 e. The molecule has 3 aromatic rings. The van der Waals surface area contributed by atoms with Gasteiger partial charge in [0.15, 0.2) is 0 Å². The third kappa shape index (κ3) is 2.62. The highest BCUT2D eigenvalue weighted by Gasteiger charge is 2.19. The first-order valence-electron chi connectivity index (χ1n) is 6.98. The molecule has 114 valence electrons. The summed E-state index contributed by atoms with van der Waals surface area (Å²) in [5.41, 5.74) is 9.36. The van der Waals surface area contributed by atoms with Crippen molar-refractivity contribution in [2.24, 2.45) is 0 Å². The molecule has 2 heterocycles. The number of nitrogens with zero attached hydrogens (tertiary/aromatic N) is 2. The van der Waals surface area contributed by atoms with Gasteiger partial charge in [-0.05, 0) is 37.6 Å². The van der Waals surface area contributed by atoms with E-state index >= 15 is 0 Å². The lowest BCUT2D eigenvalue weighted by Gasteiger charge is -2.06. The molecule has 6 heteroatoms. The van der Waals surface area contributed by atoms with E-state index < -0.39 is 0 Å². The van der Waals surface area contributed by atoms with Gasteiger partial charge >= 0.3 is 0 Å². The number of nitriles is 1. The molecule has 5 nitrogen and oxygen atoms in total. The third-order valence-electron chi connectivity index (χ3n) is 3.53. The molecule has 0 fully saturated rings. The fraction of sp³-hybridized carbons (Fsp3) is 0.118. The van der Waals surface area contributed by atoms with Gasteiger partial charge in [-0.3, -0.25) is 4.79 Å². The van der Waals surface area contributed by atoms with E-state index in [1.165, 1.54) is 11.3 Å². The van der Waals surface area contributed by atoms with Crippen molar-refractivity contribution >= 4 is 38.8 Å². The van der Waals surface area contributed by atoms with E-state index in [4.69, 9.17) is 11.0 Å². The Labute approximate surface area is 137 Å². The maximum Gasteiger partial charge on any atom is 0.267 e. The molecular weight excluding hydrogens is 308 g/mol. The number of fused-ring (bicyclic) bond motifs is 1. The summed E-state index contributed by atoms with van der Waals surface area (Å²) in [7, 11) is 0. The Morgan fingerprint density at radius 1 is 1.35 bits per heavy atom. The first-order chi connectivity index (χ1) is 11.0. The molecule has 0 atom stereocenters. The number of rotatable bonds is 2. The highest BCUT2D eigenvalue weighted by molar-refractivity contribution is 7.21. The molecule has 0 radical (unpaired) electrons. The molecule has 3 N–H and O–H groups in total. The second kappa shape index (κ2) is 5.71.